The molecule has 0 fully saturated rings. The van der Waals surface area contributed by atoms with E-state index in [0.717, 1.165) is 10.9 Å². The first kappa shape index (κ1) is 15.7. The number of nitrogens with zero attached hydrogens (tertiary/aromatic N) is 4. The number of aromatic amines is 1. The topological polar surface area (TPSA) is 106 Å². The van der Waals surface area contributed by atoms with Crippen molar-refractivity contribution in [3.05, 3.63) is 71.9 Å². The number of tetrazole rings is 1. The summed E-state index contributed by atoms with van der Waals surface area (Å²) in [6, 6.07) is 18.9. The number of carbonyl (C=O) groups is 1. The summed E-state index contributed by atoms with van der Waals surface area (Å²) in [6.45, 7) is 0.390. The Morgan fingerprint density at radius 2 is 1.88 bits per heavy atom. The van der Waals surface area contributed by atoms with E-state index in [1.807, 2.05) is 54.6 Å². The van der Waals surface area contributed by atoms with E-state index in [1.54, 1.807) is 6.07 Å². The Morgan fingerprint density at radius 1 is 1.08 bits per heavy atom. The normalized spacial score (nSPS) is 10.6. The minimum absolute atomic E-state index is 0.0803. The fourth-order valence-corrected chi connectivity index (χ4v) is 2.49. The molecule has 0 saturated heterocycles. The van der Waals surface area contributed by atoms with Crippen LogP contribution in [0.4, 0.5) is 5.95 Å². The number of carbonyl (C=O) groups excluding carboxylic acids is 1. The zero-order valence-electron chi connectivity index (χ0n) is 13.6. The SMILES string of the molecule is O=C(Nc1nn[nH]n1)c1cc(OCc2ccccc2)c2ccccc2n1. The monoisotopic (exact) mass is 346 g/mol. The molecule has 2 N–H and O–H groups in total. The molecule has 0 bridgehead atoms. The van der Waals surface area contributed by atoms with Gasteiger partial charge in [-0.2, -0.15) is 5.21 Å². The Bertz CT molecular complexity index is 1030. The van der Waals surface area contributed by atoms with Gasteiger partial charge in [-0.1, -0.05) is 47.6 Å². The molecule has 2 aromatic carbocycles. The van der Waals surface area contributed by atoms with E-state index >= 15 is 0 Å². The first-order chi connectivity index (χ1) is 12.8. The lowest BCUT2D eigenvalue weighted by Gasteiger charge is -2.11. The predicted octanol–water partition coefficient (Wildman–Crippen LogP) is 2.58. The van der Waals surface area contributed by atoms with Gasteiger partial charge in [0.05, 0.1) is 5.52 Å². The standard InChI is InChI=1S/C18H14N6O2/c25-17(20-18-21-23-24-22-18)15-10-16(13-8-4-5-9-14(13)19-15)26-11-12-6-2-1-3-7-12/h1-10H,11H2,(H2,20,21,22,23,24,25). The fraction of sp³-hybridized carbons (Fsp3) is 0.0556. The summed E-state index contributed by atoms with van der Waals surface area (Å²) in [4.78, 5) is 16.8. The van der Waals surface area contributed by atoms with Crippen molar-refractivity contribution in [2.45, 2.75) is 6.61 Å². The van der Waals surface area contributed by atoms with Crippen LogP contribution in [0.15, 0.2) is 60.7 Å². The molecule has 0 spiro atoms. The van der Waals surface area contributed by atoms with E-state index in [1.165, 1.54) is 0 Å². The van der Waals surface area contributed by atoms with Crippen LogP contribution in [0.2, 0.25) is 0 Å². The highest BCUT2D eigenvalue weighted by Gasteiger charge is 2.14. The van der Waals surface area contributed by atoms with Gasteiger partial charge < -0.3 is 4.74 Å². The molecule has 2 aromatic heterocycles. The second-order valence-corrected chi connectivity index (χ2v) is 5.49. The van der Waals surface area contributed by atoms with Crippen molar-refractivity contribution >= 4 is 22.8 Å². The van der Waals surface area contributed by atoms with Gasteiger partial charge in [0.1, 0.15) is 18.1 Å². The number of fused-ring (bicyclic) bond motifs is 1. The lowest BCUT2D eigenvalue weighted by atomic mass is 10.1. The van der Waals surface area contributed by atoms with Gasteiger partial charge in [-0.05, 0) is 22.9 Å². The van der Waals surface area contributed by atoms with Crippen molar-refractivity contribution in [1.82, 2.24) is 25.6 Å². The quantitative estimate of drug-likeness (QED) is 0.575. The maximum atomic E-state index is 12.4. The number of benzene rings is 2. The molecule has 8 nitrogen and oxygen atoms in total. The van der Waals surface area contributed by atoms with Crippen molar-refractivity contribution in [3.63, 3.8) is 0 Å². The maximum absolute atomic E-state index is 12.4. The number of ether oxygens (including phenoxy) is 1. The van der Waals surface area contributed by atoms with Gasteiger partial charge in [0, 0.05) is 11.5 Å². The van der Waals surface area contributed by atoms with Crippen molar-refractivity contribution < 1.29 is 9.53 Å². The number of nitrogens with one attached hydrogen (secondary N) is 2. The molecule has 4 aromatic rings. The Balaban J connectivity index is 1.65. The minimum Gasteiger partial charge on any atom is -0.488 e. The molecule has 128 valence electrons. The molecule has 8 heteroatoms. The van der Waals surface area contributed by atoms with E-state index in [4.69, 9.17) is 4.74 Å². The molecule has 4 rings (SSSR count). The average molecular weight is 346 g/mol. The van der Waals surface area contributed by atoms with Crippen LogP contribution >= 0.6 is 0 Å². The number of H-pyrrole nitrogens is 1. The second kappa shape index (κ2) is 6.98. The van der Waals surface area contributed by atoms with Crippen LogP contribution < -0.4 is 10.1 Å². The Kier molecular flexibility index (Phi) is 4.21. The lowest BCUT2D eigenvalue weighted by Crippen LogP contribution is -2.15. The van der Waals surface area contributed by atoms with Crippen LogP contribution in [0.5, 0.6) is 5.75 Å². The summed E-state index contributed by atoms with van der Waals surface area (Å²) in [6.07, 6.45) is 0. The fourth-order valence-electron chi connectivity index (χ4n) is 2.49. The number of anilines is 1. The molecule has 2 heterocycles. The summed E-state index contributed by atoms with van der Waals surface area (Å²) in [5.74, 6) is 0.219. The zero-order valence-corrected chi connectivity index (χ0v) is 13.6. The van der Waals surface area contributed by atoms with Crippen molar-refractivity contribution in [1.29, 1.82) is 0 Å². The molecular weight excluding hydrogens is 332 g/mol. The highest BCUT2D eigenvalue weighted by atomic mass is 16.5. The van der Waals surface area contributed by atoms with Crippen molar-refractivity contribution in [2.75, 3.05) is 5.32 Å². The molecule has 0 unspecified atom stereocenters. The number of pyridine rings is 1. The van der Waals surface area contributed by atoms with E-state index < -0.39 is 5.91 Å². The summed E-state index contributed by atoms with van der Waals surface area (Å²) in [5.41, 5.74) is 1.90. The van der Waals surface area contributed by atoms with Gasteiger partial charge in [-0.3, -0.25) is 10.1 Å². The largest absolute Gasteiger partial charge is 0.488 e. The van der Waals surface area contributed by atoms with Crippen molar-refractivity contribution in [3.8, 4) is 5.75 Å². The number of amides is 1. The maximum Gasteiger partial charge on any atom is 0.276 e. The van der Waals surface area contributed by atoms with Gasteiger partial charge in [0.2, 0.25) is 0 Å². The van der Waals surface area contributed by atoms with E-state index in [9.17, 15) is 4.79 Å². The Morgan fingerprint density at radius 3 is 2.69 bits per heavy atom. The molecule has 1 amide bonds. The van der Waals surface area contributed by atoms with Crippen LogP contribution in [-0.4, -0.2) is 31.5 Å². The van der Waals surface area contributed by atoms with Gasteiger partial charge in [0.25, 0.3) is 11.9 Å². The molecule has 26 heavy (non-hydrogen) atoms. The third-order valence-corrected chi connectivity index (χ3v) is 3.72. The lowest BCUT2D eigenvalue weighted by molar-refractivity contribution is 0.102. The van der Waals surface area contributed by atoms with Crippen molar-refractivity contribution in [2.24, 2.45) is 0 Å². The number of hydrogen-bond donors (Lipinski definition) is 2. The molecule has 0 saturated carbocycles. The average Bonchev–Trinajstić information content (AvgIpc) is 3.19. The third kappa shape index (κ3) is 3.34. The van der Waals surface area contributed by atoms with E-state index in [-0.39, 0.29) is 11.6 Å². The van der Waals surface area contributed by atoms with Gasteiger partial charge in [-0.15, -0.1) is 5.10 Å². The molecule has 0 atom stereocenters. The highest BCUT2D eigenvalue weighted by Crippen LogP contribution is 2.26. The van der Waals surface area contributed by atoms with Crippen LogP contribution in [0.25, 0.3) is 10.9 Å². The molecule has 0 radical (unpaired) electrons. The van der Waals surface area contributed by atoms with Gasteiger partial charge in [0.15, 0.2) is 0 Å². The number of rotatable bonds is 5. The summed E-state index contributed by atoms with van der Waals surface area (Å²) >= 11 is 0. The number of aromatic nitrogens is 5. The first-order valence-corrected chi connectivity index (χ1v) is 7.91. The molecule has 0 aliphatic heterocycles. The first-order valence-electron chi connectivity index (χ1n) is 7.91. The van der Waals surface area contributed by atoms with Crippen LogP contribution in [0.3, 0.4) is 0 Å². The van der Waals surface area contributed by atoms with Crippen LogP contribution in [0, 0.1) is 0 Å². The third-order valence-electron chi connectivity index (χ3n) is 3.72. The molecule has 0 aliphatic carbocycles. The molecule has 0 aliphatic rings. The second-order valence-electron chi connectivity index (χ2n) is 5.49. The Labute approximate surface area is 148 Å². The van der Waals surface area contributed by atoms with Crippen LogP contribution in [-0.2, 0) is 6.61 Å². The van der Waals surface area contributed by atoms with Gasteiger partial charge in [-0.25, -0.2) is 4.98 Å². The van der Waals surface area contributed by atoms with Gasteiger partial charge >= 0.3 is 0 Å². The highest BCUT2D eigenvalue weighted by molar-refractivity contribution is 6.04. The van der Waals surface area contributed by atoms with E-state index in [0.29, 0.717) is 17.9 Å². The molecular formula is C18H14N6O2. The smallest absolute Gasteiger partial charge is 0.276 e. The zero-order chi connectivity index (χ0) is 17.8. The van der Waals surface area contributed by atoms with Crippen LogP contribution in [0.1, 0.15) is 16.1 Å². The summed E-state index contributed by atoms with van der Waals surface area (Å²) in [5, 5.41) is 16.5. The summed E-state index contributed by atoms with van der Waals surface area (Å²) in [7, 11) is 0. The predicted molar refractivity (Wildman–Crippen MR) is 94.6 cm³/mol. The Hall–Kier alpha value is -3.81. The number of hydrogen-bond acceptors (Lipinski definition) is 6. The summed E-state index contributed by atoms with van der Waals surface area (Å²) < 4.78 is 5.96. The minimum atomic E-state index is -0.443. The van der Waals surface area contributed by atoms with E-state index in [2.05, 4.69) is 30.9 Å². The number of para-hydroxylation sites is 1.